The molecule has 0 fully saturated rings. The maximum atomic E-state index is 10.3. The fourth-order valence-electron chi connectivity index (χ4n) is 0.830. The molecule has 2 N–H and O–H groups in total. The van der Waals surface area contributed by atoms with E-state index >= 15 is 0 Å². The molecule has 0 spiro atoms. The summed E-state index contributed by atoms with van der Waals surface area (Å²) in [5.41, 5.74) is 0.215. The quantitative estimate of drug-likeness (QED) is 0.809. The smallest absolute Gasteiger partial charge is 0.337 e. The summed E-state index contributed by atoms with van der Waals surface area (Å²) in [7, 11) is -2.04. The minimum Gasteiger partial charge on any atom is -0.479 e. The van der Waals surface area contributed by atoms with Crippen LogP contribution in [0, 0.1) is 0 Å². The molecular weight excluding hydrogens is 284 g/mol. The first-order valence-electron chi connectivity index (χ1n) is 4.60. The molecule has 0 aliphatic heterocycles. The summed E-state index contributed by atoms with van der Waals surface area (Å²) in [5.74, 6) is -1.30. The van der Waals surface area contributed by atoms with Crippen molar-refractivity contribution >= 4 is 27.7 Å². The molecule has 0 unspecified atom stereocenters. The van der Waals surface area contributed by atoms with Gasteiger partial charge in [0.15, 0.2) is 6.10 Å². The molecule has 0 radical (unpaired) electrons. The van der Waals surface area contributed by atoms with E-state index in [0.717, 1.165) is 13.4 Å². The van der Waals surface area contributed by atoms with Crippen LogP contribution >= 0.6 is 11.6 Å². The van der Waals surface area contributed by atoms with Crippen LogP contribution in [0.3, 0.4) is 0 Å². The Hall–Kier alpha value is -1.15. The van der Waals surface area contributed by atoms with E-state index < -0.39 is 22.2 Å². The third kappa shape index (κ3) is 6.55. The summed E-state index contributed by atoms with van der Waals surface area (Å²) in [6.45, 7) is 0. The van der Waals surface area contributed by atoms with E-state index in [1.54, 1.807) is 12.1 Å². The zero-order valence-corrected chi connectivity index (χ0v) is 11.3. The molecule has 0 aliphatic carbocycles. The Morgan fingerprint density at radius 1 is 1.39 bits per heavy atom. The van der Waals surface area contributed by atoms with Crippen molar-refractivity contribution in [3.05, 3.63) is 34.9 Å². The van der Waals surface area contributed by atoms with Gasteiger partial charge in [0.05, 0.1) is 13.4 Å². The Balaban J connectivity index is 0.000000411. The lowest BCUT2D eigenvalue weighted by atomic mass is 10.1. The molecule has 0 saturated carbocycles. The monoisotopic (exact) mass is 296 g/mol. The average molecular weight is 297 g/mol. The van der Waals surface area contributed by atoms with Crippen molar-refractivity contribution in [3.8, 4) is 0 Å². The van der Waals surface area contributed by atoms with Crippen molar-refractivity contribution in [2.45, 2.75) is 6.10 Å². The first-order chi connectivity index (χ1) is 8.19. The summed E-state index contributed by atoms with van der Waals surface area (Å²) in [6.07, 6.45) is -0.550. The van der Waals surface area contributed by atoms with E-state index in [-0.39, 0.29) is 10.6 Å². The Bertz CT molecular complexity index is 499. The number of carbonyl (C=O) groups is 1. The lowest BCUT2D eigenvalue weighted by molar-refractivity contribution is -0.146. The molecular formula is C10H13ClO6S. The van der Waals surface area contributed by atoms with Gasteiger partial charge in [-0.3, -0.25) is 4.18 Å². The van der Waals surface area contributed by atoms with Crippen molar-refractivity contribution in [1.82, 2.24) is 0 Å². The van der Waals surface area contributed by atoms with Crippen LogP contribution < -0.4 is 0 Å². The van der Waals surface area contributed by atoms with Gasteiger partial charge in [0.2, 0.25) is 0 Å². The number of hydrogen-bond donors (Lipinski definition) is 2. The SMILES string of the molecule is COS(C)(=O)=O.O=C(O)[C@H](O)c1ccccc1Cl. The number of aliphatic carboxylic acids is 1. The Labute approximate surface area is 110 Å². The molecule has 6 nitrogen and oxygen atoms in total. The van der Waals surface area contributed by atoms with Crippen molar-refractivity contribution in [2.75, 3.05) is 13.4 Å². The third-order valence-corrected chi connectivity index (χ3v) is 2.69. The van der Waals surface area contributed by atoms with Gasteiger partial charge < -0.3 is 10.2 Å². The van der Waals surface area contributed by atoms with Gasteiger partial charge in [-0.15, -0.1) is 0 Å². The highest BCUT2D eigenvalue weighted by Gasteiger charge is 2.17. The van der Waals surface area contributed by atoms with Crippen LogP contribution in [0.2, 0.25) is 5.02 Å². The number of halogens is 1. The molecule has 1 aromatic carbocycles. The average Bonchev–Trinajstić information content (AvgIpc) is 2.28. The maximum Gasteiger partial charge on any atom is 0.337 e. The molecule has 18 heavy (non-hydrogen) atoms. The fraction of sp³-hybridized carbons (Fsp3) is 0.300. The first-order valence-corrected chi connectivity index (χ1v) is 6.79. The minimum absolute atomic E-state index is 0.215. The van der Waals surface area contributed by atoms with E-state index in [9.17, 15) is 13.2 Å². The molecule has 0 aromatic heterocycles. The van der Waals surface area contributed by atoms with E-state index in [4.69, 9.17) is 21.8 Å². The van der Waals surface area contributed by atoms with Gasteiger partial charge in [-0.1, -0.05) is 29.8 Å². The molecule has 102 valence electrons. The van der Waals surface area contributed by atoms with Crippen molar-refractivity contribution in [2.24, 2.45) is 0 Å². The van der Waals surface area contributed by atoms with Crippen LogP contribution in [0.1, 0.15) is 11.7 Å². The summed E-state index contributed by atoms with van der Waals surface area (Å²) >= 11 is 5.64. The predicted molar refractivity (Wildman–Crippen MR) is 65.9 cm³/mol. The van der Waals surface area contributed by atoms with Crippen LogP contribution in [0.5, 0.6) is 0 Å². The number of aliphatic hydroxyl groups excluding tert-OH is 1. The zero-order chi connectivity index (χ0) is 14.3. The van der Waals surface area contributed by atoms with Crippen LogP contribution in [0.25, 0.3) is 0 Å². The largest absolute Gasteiger partial charge is 0.479 e. The molecule has 1 rings (SSSR count). The van der Waals surface area contributed by atoms with Gasteiger partial charge in [-0.05, 0) is 6.07 Å². The Kier molecular flexibility index (Phi) is 6.85. The summed E-state index contributed by atoms with van der Waals surface area (Å²) in [4.78, 5) is 10.3. The molecule has 0 aliphatic rings. The highest BCUT2D eigenvalue weighted by atomic mass is 35.5. The number of aliphatic hydroxyl groups is 1. The molecule has 8 heteroatoms. The molecule has 0 heterocycles. The van der Waals surface area contributed by atoms with Crippen LogP contribution in [-0.4, -0.2) is 38.0 Å². The minimum atomic E-state index is -3.16. The van der Waals surface area contributed by atoms with E-state index in [2.05, 4.69) is 4.18 Å². The lowest BCUT2D eigenvalue weighted by Gasteiger charge is -2.06. The highest BCUT2D eigenvalue weighted by molar-refractivity contribution is 7.85. The van der Waals surface area contributed by atoms with Gasteiger partial charge >= 0.3 is 5.97 Å². The van der Waals surface area contributed by atoms with Gasteiger partial charge in [0.25, 0.3) is 10.1 Å². The molecule has 0 bridgehead atoms. The summed E-state index contributed by atoms with van der Waals surface area (Å²) < 4.78 is 23.5. The van der Waals surface area contributed by atoms with Gasteiger partial charge in [-0.2, -0.15) is 8.42 Å². The lowest BCUT2D eigenvalue weighted by Crippen LogP contribution is -2.10. The third-order valence-electron chi connectivity index (χ3n) is 1.74. The summed E-state index contributed by atoms with van der Waals surface area (Å²) in [5, 5.41) is 17.8. The highest BCUT2D eigenvalue weighted by Crippen LogP contribution is 2.22. The molecule has 1 aromatic rings. The van der Waals surface area contributed by atoms with E-state index in [1.807, 2.05) is 0 Å². The van der Waals surface area contributed by atoms with Crippen LogP contribution in [0.4, 0.5) is 0 Å². The van der Waals surface area contributed by atoms with Crippen molar-refractivity contribution < 1.29 is 27.6 Å². The Morgan fingerprint density at radius 2 is 1.83 bits per heavy atom. The second-order valence-corrected chi connectivity index (χ2v) is 5.28. The van der Waals surface area contributed by atoms with Gasteiger partial charge in [0, 0.05) is 10.6 Å². The van der Waals surface area contributed by atoms with E-state index in [0.29, 0.717) is 0 Å². The van der Waals surface area contributed by atoms with Gasteiger partial charge in [0.1, 0.15) is 0 Å². The maximum absolute atomic E-state index is 10.3. The number of hydrogen-bond acceptors (Lipinski definition) is 5. The standard InChI is InChI=1S/C8H7ClO3.C2H6O3S/c9-6-4-2-1-3-5(6)7(10)8(11)12;1-5-6(2,3)4/h1-4,7,10H,(H,11,12);1-2H3/t7-;/m1./s1. The van der Waals surface area contributed by atoms with Crippen LogP contribution in [-0.2, 0) is 19.1 Å². The number of carboxylic acids is 1. The topological polar surface area (TPSA) is 101 Å². The fourth-order valence-corrected chi connectivity index (χ4v) is 1.07. The van der Waals surface area contributed by atoms with Crippen LogP contribution in [0.15, 0.2) is 24.3 Å². The molecule has 0 amide bonds. The Morgan fingerprint density at radius 3 is 2.17 bits per heavy atom. The van der Waals surface area contributed by atoms with Gasteiger partial charge in [-0.25, -0.2) is 4.79 Å². The number of rotatable bonds is 3. The predicted octanol–water partition coefficient (Wildman–Crippen LogP) is 1.05. The van der Waals surface area contributed by atoms with E-state index in [1.165, 1.54) is 12.1 Å². The zero-order valence-electron chi connectivity index (χ0n) is 9.70. The normalized spacial score (nSPS) is 12.2. The first kappa shape index (κ1) is 16.9. The molecule has 0 saturated heterocycles. The molecule has 1 atom stereocenters. The second-order valence-electron chi connectivity index (χ2n) is 3.13. The second kappa shape index (κ2) is 7.32. The summed E-state index contributed by atoms with van der Waals surface area (Å²) in [6, 6.07) is 6.29. The number of carboxylic acid groups (broad SMARTS) is 1. The number of benzene rings is 1. The van der Waals surface area contributed by atoms with Crippen molar-refractivity contribution in [1.29, 1.82) is 0 Å². The van der Waals surface area contributed by atoms with Crippen molar-refractivity contribution in [3.63, 3.8) is 0 Å².